The largest absolute Gasteiger partial charge is 0.310 e. The van der Waals surface area contributed by atoms with Crippen molar-refractivity contribution in [3.05, 3.63) is 164 Å². The molecule has 8 rings (SSSR count). The van der Waals surface area contributed by atoms with Crippen molar-refractivity contribution in [3.8, 4) is 0 Å². The molecule has 5 heteroatoms. The van der Waals surface area contributed by atoms with E-state index in [4.69, 9.17) is 4.98 Å². The fraction of sp³-hybridized carbons (Fsp3) is 0. The van der Waals surface area contributed by atoms with Crippen molar-refractivity contribution in [2.75, 3.05) is 14.7 Å². The van der Waals surface area contributed by atoms with Crippen molar-refractivity contribution in [1.82, 2.24) is 9.97 Å². The third kappa shape index (κ3) is 4.44. The molecule has 1 aliphatic rings. The van der Waals surface area contributed by atoms with Gasteiger partial charge in [0.05, 0.1) is 11.2 Å². The summed E-state index contributed by atoms with van der Waals surface area (Å²) in [5.41, 5.74) is 11.1. The van der Waals surface area contributed by atoms with Crippen molar-refractivity contribution >= 4 is 62.2 Å². The maximum atomic E-state index is 4.78. The molecule has 0 fully saturated rings. The van der Waals surface area contributed by atoms with Gasteiger partial charge in [0, 0.05) is 57.9 Å². The molecule has 3 heterocycles. The molecular formula is C38H27N5. The van der Waals surface area contributed by atoms with Gasteiger partial charge in [-0.2, -0.15) is 0 Å². The first-order valence-electron chi connectivity index (χ1n) is 14.3. The Morgan fingerprint density at radius 3 is 1.26 bits per heavy atom. The Morgan fingerprint density at radius 2 is 0.767 bits per heavy atom. The van der Waals surface area contributed by atoms with Crippen LogP contribution in [0.2, 0.25) is 0 Å². The molecule has 5 nitrogen and oxygen atoms in total. The molecule has 6 bridgehead atoms. The van der Waals surface area contributed by atoms with Crippen LogP contribution < -0.4 is 14.7 Å². The Kier molecular flexibility index (Phi) is 6.05. The normalized spacial score (nSPS) is 12.5. The first-order valence-corrected chi connectivity index (χ1v) is 14.3. The Balaban J connectivity index is 1.46. The second-order valence-corrected chi connectivity index (χ2v) is 10.4. The number of hydrogen-bond donors (Lipinski definition) is 0. The van der Waals surface area contributed by atoms with Gasteiger partial charge in [-0.25, -0.2) is 0 Å². The quantitative estimate of drug-likeness (QED) is 0.217. The molecule has 204 valence electrons. The number of pyridine rings is 2. The fourth-order valence-corrected chi connectivity index (χ4v) is 5.94. The van der Waals surface area contributed by atoms with Gasteiger partial charge in [-0.1, -0.05) is 54.6 Å². The highest BCUT2D eigenvalue weighted by Crippen LogP contribution is 2.45. The second kappa shape index (κ2) is 10.5. The van der Waals surface area contributed by atoms with Gasteiger partial charge >= 0.3 is 0 Å². The highest BCUT2D eigenvalue weighted by atomic mass is 15.2. The van der Waals surface area contributed by atoms with Crippen LogP contribution in [0.4, 0.5) is 51.2 Å². The summed E-state index contributed by atoms with van der Waals surface area (Å²) in [6, 6.07) is 53.2. The molecular weight excluding hydrogens is 526 g/mol. The summed E-state index contributed by atoms with van der Waals surface area (Å²) in [4.78, 5) is 16.3. The minimum absolute atomic E-state index is 0.845. The zero-order chi connectivity index (χ0) is 28.6. The van der Waals surface area contributed by atoms with Gasteiger partial charge in [0.15, 0.2) is 0 Å². The summed E-state index contributed by atoms with van der Waals surface area (Å²) >= 11 is 0. The smallest absolute Gasteiger partial charge is 0.113 e. The zero-order valence-corrected chi connectivity index (χ0v) is 23.3. The summed E-state index contributed by atoms with van der Waals surface area (Å²) in [5.74, 6) is 0. The second-order valence-electron chi connectivity index (χ2n) is 10.4. The molecule has 0 spiro atoms. The number of para-hydroxylation sites is 2. The lowest BCUT2D eigenvalue weighted by molar-refractivity contribution is 1.21. The molecule has 43 heavy (non-hydrogen) atoms. The molecule has 1 aliphatic heterocycles. The monoisotopic (exact) mass is 553 g/mol. The fourth-order valence-electron chi connectivity index (χ4n) is 5.94. The van der Waals surface area contributed by atoms with Crippen LogP contribution in [0, 0.1) is 0 Å². The van der Waals surface area contributed by atoms with E-state index in [1.165, 1.54) is 0 Å². The van der Waals surface area contributed by atoms with Gasteiger partial charge in [0.25, 0.3) is 0 Å². The van der Waals surface area contributed by atoms with Crippen LogP contribution in [0.25, 0.3) is 11.0 Å². The summed E-state index contributed by atoms with van der Waals surface area (Å²) in [6.07, 6.45) is 3.69. The number of rotatable bonds is 3. The van der Waals surface area contributed by atoms with Crippen molar-refractivity contribution < 1.29 is 0 Å². The van der Waals surface area contributed by atoms with Gasteiger partial charge in [-0.3, -0.25) is 9.97 Å². The Morgan fingerprint density at radius 1 is 0.326 bits per heavy atom. The molecule has 0 atom stereocenters. The van der Waals surface area contributed by atoms with Crippen LogP contribution in [0.5, 0.6) is 0 Å². The predicted molar refractivity (Wildman–Crippen MR) is 177 cm³/mol. The van der Waals surface area contributed by atoms with Crippen LogP contribution in [-0.4, -0.2) is 9.97 Å². The van der Waals surface area contributed by atoms with Gasteiger partial charge < -0.3 is 14.7 Å². The summed E-state index contributed by atoms with van der Waals surface area (Å²) in [5, 5.41) is 0. The molecule has 0 unspecified atom stereocenters. The molecule has 0 aliphatic carbocycles. The van der Waals surface area contributed by atoms with Gasteiger partial charge in [0.1, 0.15) is 5.52 Å². The topological polar surface area (TPSA) is 35.5 Å². The number of benzene rings is 5. The van der Waals surface area contributed by atoms with E-state index in [9.17, 15) is 0 Å². The Hall–Kier alpha value is -5.94. The summed E-state index contributed by atoms with van der Waals surface area (Å²) in [7, 11) is 0. The predicted octanol–water partition coefficient (Wildman–Crippen LogP) is 10.4. The summed E-state index contributed by atoms with van der Waals surface area (Å²) in [6.45, 7) is 0. The Bertz CT molecular complexity index is 1950. The van der Waals surface area contributed by atoms with E-state index in [2.05, 4.69) is 153 Å². The van der Waals surface area contributed by atoms with Gasteiger partial charge in [0.2, 0.25) is 0 Å². The number of anilines is 9. The van der Waals surface area contributed by atoms with E-state index in [0.717, 1.165) is 62.2 Å². The van der Waals surface area contributed by atoms with E-state index in [1.54, 1.807) is 0 Å². The van der Waals surface area contributed by atoms with Gasteiger partial charge in [-0.05, 0) is 97.1 Å². The van der Waals surface area contributed by atoms with Crippen LogP contribution in [0.3, 0.4) is 0 Å². The first-order chi connectivity index (χ1) is 21.3. The Labute approximate surface area is 250 Å². The van der Waals surface area contributed by atoms with Crippen LogP contribution in [0.1, 0.15) is 0 Å². The number of nitrogens with zero attached hydrogens (tertiary/aromatic N) is 5. The van der Waals surface area contributed by atoms with E-state index < -0.39 is 0 Å². The molecule has 7 aromatic rings. The molecule has 0 amide bonds. The maximum Gasteiger partial charge on any atom is 0.113 e. The van der Waals surface area contributed by atoms with Crippen molar-refractivity contribution in [2.24, 2.45) is 0 Å². The molecule has 0 saturated carbocycles. The molecule has 0 radical (unpaired) electrons. The van der Waals surface area contributed by atoms with E-state index >= 15 is 0 Å². The molecule has 5 aromatic carbocycles. The van der Waals surface area contributed by atoms with Gasteiger partial charge in [-0.15, -0.1) is 0 Å². The molecule has 2 aromatic heterocycles. The van der Waals surface area contributed by atoms with Crippen molar-refractivity contribution in [2.45, 2.75) is 0 Å². The standard InChI is InChI=1S/C38H27N5/c1-3-11-28(12-4-1)41-30-15-7-16-31(25-30)42(29-13-5-2-6-14-29)33-18-9-20-35(27-33)43(34-19-8-17-32(41)26-34)37-22-24-39-36-21-10-23-40-38(36)37/h1-27H. The minimum Gasteiger partial charge on any atom is -0.310 e. The van der Waals surface area contributed by atoms with Crippen LogP contribution >= 0.6 is 0 Å². The number of hydrogen-bond acceptors (Lipinski definition) is 5. The van der Waals surface area contributed by atoms with Crippen molar-refractivity contribution in [3.63, 3.8) is 0 Å². The first kappa shape index (κ1) is 24.8. The average Bonchev–Trinajstić information content (AvgIpc) is 3.07. The highest BCUT2D eigenvalue weighted by molar-refractivity contribution is 5.96. The third-order valence-electron chi connectivity index (χ3n) is 7.78. The van der Waals surface area contributed by atoms with E-state index in [0.29, 0.717) is 0 Å². The lowest BCUT2D eigenvalue weighted by atomic mass is 10.1. The maximum absolute atomic E-state index is 4.78. The average molecular weight is 554 g/mol. The van der Waals surface area contributed by atoms with Crippen LogP contribution in [0.15, 0.2) is 164 Å². The van der Waals surface area contributed by atoms with Crippen LogP contribution in [-0.2, 0) is 0 Å². The highest BCUT2D eigenvalue weighted by Gasteiger charge is 2.23. The zero-order valence-electron chi connectivity index (χ0n) is 23.3. The lowest BCUT2D eigenvalue weighted by Crippen LogP contribution is -2.16. The van der Waals surface area contributed by atoms with E-state index in [-0.39, 0.29) is 0 Å². The minimum atomic E-state index is 0.845. The molecule has 0 N–H and O–H groups in total. The SMILES string of the molecule is c1ccc(N2c3cccc(c3)N(c3ccccc3)c3cccc(c3)N(c3ccnc4cccnc34)c3cccc2c3)cc1. The number of fused-ring (bicyclic) bond motifs is 7. The van der Waals surface area contributed by atoms with E-state index in [1.807, 2.05) is 30.6 Å². The van der Waals surface area contributed by atoms with Crippen molar-refractivity contribution in [1.29, 1.82) is 0 Å². The summed E-state index contributed by atoms with van der Waals surface area (Å²) < 4.78 is 0. The lowest BCUT2D eigenvalue weighted by Gasteiger charge is -2.33. The third-order valence-corrected chi connectivity index (χ3v) is 7.78. The molecule has 0 saturated heterocycles. The number of aromatic nitrogens is 2.